The Bertz CT molecular complexity index is 1380. The molecule has 1 aromatic carbocycles. The Morgan fingerprint density at radius 1 is 1.20 bits per heavy atom. The molecule has 1 saturated heterocycles. The number of ether oxygens (including phenoxy) is 3. The fourth-order valence-electron chi connectivity index (χ4n) is 3.92. The third kappa shape index (κ3) is 4.44. The lowest BCUT2D eigenvalue weighted by atomic mass is 10.1. The fraction of sp³-hybridized carbons (Fsp3) is 0.364. The van der Waals surface area contributed by atoms with Crippen LogP contribution in [0.4, 0.5) is 20.8 Å². The van der Waals surface area contributed by atoms with E-state index in [4.69, 9.17) is 14.2 Å². The van der Waals surface area contributed by atoms with Crippen LogP contribution in [0.15, 0.2) is 29.3 Å². The van der Waals surface area contributed by atoms with E-state index < -0.39 is 11.9 Å². The minimum absolute atomic E-state index is 0.0178. The molecular weight excluding hydrogens is 463 g/mol. The number of carbonyl (C=O) groups excluding carboxylic acids is 2. The number of hydrogen-bond donors (Lipinski definition) is 1. The molecule has 0 unspecified atom stereocenters. The van der Waals surface area contributed by atoms with Crippen LogP contribution in [0.25, 0.3) is 11.0 Å². The van der Waals surface area contributed by atoms with E-state index in [1.54, 1.807) is 0 Å². The van der Waals surface area contributed by atoms with Gasteiger partial charge in [0.2, 0.25) is 0 Å². The summed E-state index contributed by atoms with van der Waals surface area (Å²) >= 11 is 0. The van der Waals surface area contributed by atoms with Gasteiger partial charge in [0.25, 0.3) is 17.3 Å². The van der Waals surface area contributed by atoms with Crippen molar-refractivity contribution in [3.05, 3.63) is 40.7 Å². The topological polar surface area (TPSA) is 138 Å². The summed E-state index contributed by atoms with van der Waals surface area (Å²) in [4.78, 5) is 49.4. The number of nitrogens with one attached hydrogen (secondary N) is 1. The molecule has 2 aliphatic heterocycles. The molecule has 2 amide bonds. The zero-order valence-corrected chi connectivity index (χ0v) is 18.7. The molecule has 4 heterocycles. The van der Waals surface area contributed by atoms with Crippen molar-refractivity contribution in [1.29, 1.82) is 0 Å². The maximum absolute atomic E-state index is 14.4. The summed E-state index contributed by atoms with van der Waals surface area (Å²) in [7, 11) is 1.53. The number of aromatic nitrogens is 4. The minimum Gasteiger partial charge on any atom is -0.488 e. The normalized spacial score (nSPS) is 17.1. The smallest absolute Gasteiger partial charge is 0.415 e. The number of anilines is 2. The van der Waals surface area contributed by atoms with Gasteiger partial charge in [0.1, 0.15) is 11.6 Å². The highest BCUT2D eigenvalue weighted by Gasteiger charge is 2.34. The SMILES string of the molecule is Cn1c(=O)cnc2ccc(F)c(OCCCC[C@H]3CN(c4cnc5c(n4)NC(=O)CO5)C(=O)O3)c21. The number of carbonyl (C=O) groups is 2. The Morgan fingerprint density at radius 3 is 2.91 bits per heavy atom. The van der Waals surface area contributed by atoms with Gasteiger partial charge in [-0.3, -0.25) is 14.5 Å². The summed E-state index contributed by atoms with van der Waals surface area (Å²) in [5.41, 5.74) is 0.391. The lowest BCUT2D eigenvalue weighted by molar-refractivity contribution is -0.118. The van der Waals surface area contributed by atoms with Gasteiger partial charge in [-0.1, -0.05) is 0 Å². The number of benzene rings is 1. The van der Waals surface area contributed by atoms with Crippen LogP contribution in [0.3, 0.4) is 0 Å². The molecule has 2 aliphatic rings. The summed E-state index contributed by atoms with van der Waals surface area (Å²) in [5, 5.41) is 2.55. The first-order valence-electron chi connectivity index (χ1n) is 11.0. The maximum Gasteiger partial charge on any atom is 0.415 e. The predicted molar refractivity (Wildman–Crippen MR) is 120 cm³/mol. The summed E-state index contributed by atoms with van der Waals surface area (Å²) in [5.74, 6) is -0.355. The van der Waals surface area contributed by atoms with Gasteiger partial charge in [0.05, 0.1) is 31.1 Å². The summed E-state index contributed by atoms with van der Waals surface area (Å²) in [6.07, 6.45) is 3.40. The van der Waals surface area contributed by atoms with E-state index in [1.807, 2.05) is 0 Å². The zero-order valence-electron chi connectivity index (χ0n) is 18.7. The highest BCUT2D eigenvalue weighted by atomic mass is 19.1. The Morgan fingerprint density at radius 2 is 2.06 bits per heavy atom. The molecule has 2 aromatic heterocycles. The molecule has 3 aromatic rings. The highest BCUT2D eigenvalue weighted by Crippen LogP contribution is 2.29. The van der Waals surface area contributed by atoms with Crippen molar-refractivity contribution < 1.29 is 28.2 Å². The number of aryl methyl sites for hydroxylation is 1. The average Bonchev–Trinajstić information content (AvgIpc) is 3.22. The van der Waals surface area contributed by atoms with E-state index in [1.165, 1.54) is 41.0 Å². The van der Waals surface area contributed by atoms with E-state index in [0.29, 0.717) is 30.3 Å². The monoisotopic (exact) mass is 484 g/mol. The molecule has 1 fully saturated rings. The molecule has 0 aliphatic carbocycles. The lowest BCUT2D eigenvalue weighted by Crippen LogP contribution is -2.29. The molecule has 35 heavy (non-hydrogen) atoms. The van der Waals surface area contributed by atoms with Crippen molar-refractivity contribution >= 4 is 34.7 Å². The number of halogens is 1. The number of rotatable bonds is 7. The minimum atomic E-state index is -0.575. The van der Waals surface area contributed by atoms with Crippen LogP contribution < -0.4 is 25.2 Å². The van der Waals surface area contributed by atoms with Gasteiger partial charge in [0, 0.05) is 7.05 Å². The van der Waals surface area contributed by atoms with Crippen molar-refractivity contribution in [2.75, 3.05) is 30.0 Å². The molecule has 0 spiro atoms. The van der Waals surface area contributed by atoms with Crippen molar-refractivity contribution in [3.63, 3.8) is 0 Å². The van der Waals surface area contributed by atoms with Crippen LogP contribution in [-0.4, -0.2) is 57.4 Å². The number of amides is 2. The van der Waals surface area contributed by atoms with Gasteiger partial charge < -0.3 is 24.1 Å². The molecule has 1 atom stereocenters. The quantitative estimate of drug-likeness (QED) is 0.497. The molecule has 0 saturated carbocycles. The number of nitrogens with zero attached hydrogens (tertiary/aromatic N) is 5. The second-order valence-corrected chi connectivity index (χ2v) is 8.08. The van der Waals surface area contributed by atoms with E-state index in [2.05, 4.69) is 20.3 Å². The van der Waals surface area contributed by atoms with E-state index >= 15 is 0 Å². The van der Waals surface area contributed by atoms with Crippen molar-refractivity contribution in [2.45, 2.75) is 25.4 Å². The fourth-order valence-corrected chi connectivity index (χ4v) is 3.92. The van der Waals surface area contributed by atoms with Crippen LogP contribution in [0.2, 0.25) is 0 Å². The third-order valence-electron chi connectivity index (χ3n) is 5.68. The van der Waals surface area contributed by atoms with Crippen molar-refractivity contribution in [3.8, 4) is 11.6 Å². The molecular formula is C22H21FN6O6. The molecule has 5 rings (SSSR count). The molecule has 182 valence electrons. The number of fused-ring (bicyclic) bond motifs is 2. The zero-order chi connectivity index (χ0) is 24.5. The Hall–Kier alpha value is -4.29. The first-order chi connectivity index (χ1) is 16.9. The lowest BCUT2D eigenvalue weighted by Gasteiger charge is -2.18. The van der Waals surface area contributed by atoms with Gasteiger partial charge in [-0.2, -0.15) is 0 Å². The Labute approximate surface area is 197 Å². The van der Waals surface area contributed by atoms with Gasteiger partial charge >= 0.3 is 6.09 Å². The Kier molecular flexibility index (Phi) is 5.89. The van der Waals surface area contributed by atoms with Crippen molar-refractivity contribution in [1.82, 2.24) is 19.5 Å². The molecule has 12 nitrogen and oxygen atoms in total. The summed E-state index contributed by atoms with van der Waals surface area (Å²) in [6.45, 7) is 0.341. The molecule has 0 bridgehead atoms. The summed E-state index contributed by atoms with van der Waals surface area (Å²) < 4.78 is 31.9. The molecule has 0 radical (unpaired) electrons. The average molecular weight is 484 g/mol. The summed E-state index contributed by atoms with van der Waals surface area (Å²) in [6, 6.07) is 2.74. The van der Waals surface area contributed by atoms with Crippen LogP contribution in [0, 0.1) is 5.82 Å². The van der Waals surface area contributed by atoms with Crippen LogP contribution >= 0.6 is 0 Å². The van der Waals surface area contributed by atoms with Gasteiger partial charge in [0.15, 0.2) is 29.8 Å². The van der Waals surface area contributed by atoms with Crippen molar-refractivity contribution in [2.24, 2.45) is 7.05 Å². The number of hydrogen-bond acceptors (Lipinski definition) is 9. The molecule has 1 N–H and O–H groups in total. The first-order valence-corrected chi connectivity index (χ1v) is 11.0. The van der Waals surface area contributed by atoms with Gasteiger partial charge in [-0.05, 0) is 31.4 Å². The maximum atomic E-state index is 14.4. The van der Waals surface area contributed by atoms with Crippen LogP contribution in [-0.2, 0) is 16.6 Å². The van der Waals surface area contributed by atoms with Gasteiger partial charge in [-0.25, -0.2) is 24.1 Å². The van der Waals surface area contributed by atoms with Gasteiger partial charge in [-0.15, -0.1) is 0 Å². The predicted octanol–water partition coefficient (Wildman–Crippen LogP) is 1.77. The number of cyclic esters (lactones) is 1. The molecule has 13 heteroatoms. The Balaban J connectivity index is 1.15. The first kappa shape index (κ1) is 22.5. The van der Waals surface area contributed by atoms with Crippen LogP contribution in [0.5, 0.6) is 11.6 Å². The van der Waals surface area contributed by atoms with E-state index in [9.17, 15) is 18.8 Å². The standard InChI is InChI=1S/C22H21FN6O6/c1-28-17(31)9-24-14-6-5-13(23)19(18(14)28)33-7-3-2-4-12-10-29(22(32)35-12)15-8-25-21-20(26-15)27-16(30)11-34-21/h5-6,8-9,12H,2-4,7,10-11H2,1H3,(H,26,27,30)/t12-/m0/s1. The highest BCUT2D eigenvalue weighted by molar-refractivity contribution is 5.94. The third-order valence-corrected chi connectivity index (χ3v) is 5.68. The number of unbranched alkanes of at least 4 members (excludes halogenated alkanes) is 1. The second-order valence-electron chi connectivity index (χ2n) is 8.08. The van der Waals surface area contributed by atoms with E-state index in [-0.39, 0.29) is 60.6 Å². The second kappa shape index (κ2) is 9.16. The largest absolute Gasteiger partial charge is 0.488 e. The van der Waals surface area contributed by atoms with Crippen LogP contribution in [0.1, 0.15) is 19.3 Å². The van der Waals surface area contributed by atoms with E-state index in [0.717, 1.165) is 0 Å².